The van der Waals surface area contributed by atoms with Crippen LogP contribution in [0.3, 0.4) is 0 Å². The zero-order chi connectivity index (χ0) is 17.1. The van der Waals surface area contributed by atoms with Crippen LogP contribution in [0.5, 0.6) is 17.2 Å². The summed E-state index contributed by atoms with van der Waals surface area (Å²) in [6, 6.07) is 10.5. The predicted molar refractivity (Wildman–Crippen MR) is 95.6 cm³/mol. The van der Waals surface area contributed by atoms with Gasteiger partial charge < -0.3 is 14.6 Å². The minimum absolute atomic E-state index is 0.0300. The first-order valence-corrected chi connectivity index (χ1v) is 8.52. The molecule has 0 radical (unpaired) electrons. The summed E-state index contributed by atoms with van der Waals surface area (Å²) < 4.78 is 12.3. The van der Waals surface area contributed by atoms with Crippen molar-refractivity contribution in [3.8, 4) is 17.2 Å². The number of para-hydroxylation sites is 2. The van der Waals surface area contributed by atoms with Gasteiger partial charge in [0, 0.05) is 10.0 Å². The second kappa shape index (κ2) is 7.23. The van der Waals surface area contributed by atoms with E-state index in [1.54, 1.807) is 30.3 Å². The van der Waals surface area contributed by atoms with Gasteiger partial charge in [-0.2, -0.15) is 5.10 Å². The van der Waals surface area contributed by atoms with Gasteiger partial charge in [-0.1, -0.05) is 28.1 Å². The van der Waals surface area contributed by atoms with Crippen LogP contribution in [0.25, 0.3) is 0 Å². The van der Waals surface area contributed by atoms with Gasteiger partial charge in [-0.25, -0.2) is 5.43 Å². The largest absolute Gasteiger partial charge is 0.506 e. The highest BCUT2D eigenvalue weighted by Gasteiger charge is 2.27. The van der Waals surface area contributed by atoms with E-state index < -0.39 is 12.0 Å². The summed E-state index contributed by atoms with van der Waals surface area (Å²) in [5.41, 5.74) is 2.83. The van der Waals surface area contributed by atoms with Crippen LogP contribution in [0.15, 0.2) is 50.4 Å². The molecule has 1 unspecified atom stereocenters. The molecule has 1 aliphatic heterocycles. The maximum absolute atomic E-state index is 12.1. The monoisotopic (exact) mass is 454 g/mol. The van der Waals surface area contributed by atoms with Crippen molar-refractivity contribution in [2.75, 3.05) is 6.61 Å². The number of phenols is 1. The average molecular weight is 456 g/mol. The van der Waals surface area contributed by atoms with E-state index in [9.17, 15) is 9.90 Å². The topological polar surface area (TPSA) is 80.2 Å². The second-order valence-electron chi connectivity index (χ2n) is 4.92. The number of hydrogen-bond acceptors (Lipinski definition) is 5. The van der Waals surface area contributed by atoms with Crippen molar-refractivity contribution in [1.82, 2.24) is 5.43 Å². The molecule has 0 saturated carbocycles. The predicted octanol–water partition coefficient (Wildman–Crippen LogP) is 3.21. The van der Waals surface area contributed by atoms with Crippen LogP contribution < -0.4 is 14.9 Å². The van der Waals surface area contributed by atoms with E-state index in [1.165, 1.54) is 6.21 Å². The van der Waals surface area contributed by atoms with E-state index in [0.717, 1.165) is 4.47 Å². The molecule has 124 valence electrons. The van der Waals surface area contributed by atoms with Gasteiger partial charge in [-0.3, -0.25) is 4.79 Å². The van der Waals surface area contributed by atoms with Crippen LogP contribution in [0.2, 0.25) is 0 Å². The Labute approximate surface area is 154 Å². The molecular weight excluding hydrogens is 444 g/mol. The van der Waals surface area contributed by atoms with Crippen LogP contribution in [-0.2, 0) is 4.79 Å². The van der Waals surface area contributed by atoms with Gasteiger partial charge in [-0.05, 0) is 40.2 Å². The quantitative estimate of drug-likeness (QED) is 0.550. The summed E-state index contributed by atoms with van der Waals surface area (Å²) in [5, 5.41) is 13.8. The highest BCUT2D eigenvalue weighted by molar-refractivity contribution is 9.11. The van der Waals surface area contributed by atoms with Gasteiger partial charge in [0.15, 0.2) is 11.5 Å². The number of fused-ring (bicyclic) bond motifs is 1. The SMILES string of the molecule is O=C(NN=Cc1cc(Br)cc(Br)c1O)C1COc2ccccc2O1. The number of carbonyl (C=O) groups is 1. The highest BCUT2D eigenvalue weighted by Crippen LogP contribution is 2.31. The van der Waals surface area contributed by atoms with Gasteiger partial charge in [-0.15, -0.1) is 0 Å². The number of amides is 1. The minimum Gasteiger partial charge on any atom is -0.506 e. The maximum atomic E-state index is 12.1. The standard InChI is InChI=1S/C16H12Br2N2O4/c17-10-5-9(15(21)11(18)6-10)7-19-20-16(22)14-8-23-12-3-1-2-4-13(12)24-14/h1-7,14,21H,8H2,(H,20,22). The van der Waals surface area contributed by atoms with E-state index in [0.29, 0.717) is 21.5 Å². The summed E-state index contributed by atoms with van der Waals surface area (Å²) in [6.07, 6.45) is 0.556. The lowest BCUT2D eigenvalue weighted by atomic mass is 10.2. The molecule has 2 aromatic carbocycles. The number of benzene rings is 2. The second-order valence-corrected chi connectivity index (χ2v) is 6.69. The third-order valence-corrected chi connectivity index (χ3v) is 4.30. The first-order valence-electron chi connectivity index (χ1n) is 6.94. The van der Waals surface area contributed by atoms with Gasteiger partial charge in [0.2, 0.25) is 6.10 Å². The highest BCUT2D eigenvalue weighted by atomic mass is 79.9. The van der Waals surface area contributed by atoms with Crippen molar-refractivity contribution in [2.24, 2.45) is 5.10 Å². The van der Waals surface area contributed by atoms with Gasteiger partial charge in [0.1, 0.15) is 12.4 Å². The third kappa shape index (κ3) is 3.70. The van der Waals surface area contributed by atoms with Crippen molar-refractivity contribution in [3.05, 3.63) is 50.9 Å². The van der Waals surface area contributed by atoms with Crippen molar-refractivity contribution in [3.63, 3.8) is 0 Å². The first-order chi connectivity index (χ1) is 11.5. The lowest BCUT2D eigenvalue weighted by Gasteiger charge is -2.24. The number of hydrogen-bond donors (Lipinski definition) is 2. The molecule has 0 spiro atoms. The Balaban J connectivity index is 1.64. The summed E-state index contributed by atoms with van der Waals surface area (Å²) >= 11 is 6.55. The third-order valence-electron chi connectivity index (χ3n) is 3.24. The molecular formula is C16H12Br2N2O4. The van der Waals surface area contributed by atoms with Crippen molar-refractivity contribution in [1.29, 1.82) is 0 Å². The molecule has 1 aliphatic rings. The van der Waals surface area contributed by atoms with Gasteiger partial charge in [0.05, 0.1) is 10.7 Å². The molecule has 6 nitrogen and oxygen atoms in total. The maximum Gasteiger partial charge on any atom is 0.284 e. The van der Waals surface area contributed by atoms with E-state index in [2.05, 4.69) is 42.4 Å². The Morgan fingerprint density at radius 3 is 2.83 bits per heavy atom. The Morgan fingerprint density at radius 2 is 2.04 bits per heavy atom. The zero-order valence-corrected chi connectivity index (χ0v) is 15.4. The fourth-order valence-electron chi connectivity index (χ4n) is 2.07. The fourth-order valence-corrected chi connectivity index (χ4v) is 3.33. The van der Waals surface area contributed by atoms with Crippen molar-refractivity contribution in [2.45, 2.75) is 6.10 Å². The van der Waals surface area contributed by atoms with E-state index in [1.807, 2.05) is 6.07 Å². The molecule has 0 saturated heterocycles. The van der Waals surface area contributed by atoms with Crippen LogP contribution in [-0.4, -0.2) is 29.9 Å². The number of hydrazone groups is 1. The number of rotatable bonds is 3. The zero-order valence-electron chi connectivity index (χ0n) is 12.2. The average Bonchev–Trinajstić information content (AvgIpc) is 2.58. The molecule has 0 bridgehead atoms. The molecule has 3 rings (SSSR count). The van der Waals surface area contributed by atoms with Crippen LogP contribution in [0.4, 0.5) is 0 Å². The number of phenolic OH excluding ortho intramolecular Hbond substituents is 1. The molecule has 2 N–H and O–H groups in total. The van der Waals surface area contributed by atoms with Crippen LogP contribution >= 0.6 is 31.9 Å². The summed E-state index contributed by atoms with van der Waals surface area (Å²) in [5.74, 6) is 0.715. The molecule has 1 amide bonds. The first kappa shape index (κ1) is 16.8. The minimum atomic E-state index is -0.792. The molecule has 8 heteroatoms. The lowest BCUT2D eigenvalue weighted by molar-refractivity contribution is -0.130. The smallest absolute Gasteiger partial charge is 0.284 e. The van der Waals surface area contributed by atoms with E-state index in [4.69, 9.17) is 9.47 Å². The van der Waals surface area contributed by atoms with E-state index >= 15 is 0 Å². The van der Waals surface area contributed by atoms with Crippen molar-refractivity contribution < 1.29 is 19.4 Å². The lowest BCUT2D eigenvalue weighted by Crippen LogP contribution is -2.42. The number of ether oxygens (including phenoxy) is 2. The summed E-state index contributed by atoms with van der Waals surface area (Å²) in [4.78, 5) is 12.1. The normalized spacial score (nSPS) is 16.2. The number of aromatic hydroxyl groups is 1. The number of nitrogens with one attached hydrogen (secondary N) is 1. The molecule has 2 aromatic rings. The van der Waals surface area contributed by atoms with Crippen LogP contribution in [0.1, 0.15) is 5.56 Å². The van der Waals surface area contributed by atoms with Crippen molar-refractivity contribution >= 4 is 44.0 Å². The number of halogens is 2. The number of carbonyl (C=O) groups excluding carboxylic acids is 1. The van der Waals surface area contributed by atoms with E-state index in [-0.39, 0.29) is 12.4 Å². The molecule has 1 heterocycles. The Morgan fingerprint density at radius 1 is 1.29 bits per heavy atom. The number of nitrogens with zero attached hydrogens (tertiary/aromatic N) is 1. The Bertz CT molecular complexity index is 811. The fraction of sp³-hybridized carbons (Fsp3) is 0.125. The molecule has 24 heavy (non-hydrogen) atoms. The van der Waals surface area contributed by atoms with Crippen LogP contribution in [0, 0.1) is 0 Å². The molecule has 0 aliphatic carbocycles. The molecule has 0 aromatic heterocycles. The molecule has 0 fully saturated rings. The van der Waals surface area contributed by atoms with Gasteiger partial charge >= 0.3 is 0 Å². The summed E-state index contributed by atoms with van der Waals surface area (Å²) in [6.45, 7) is 0.103. The molecule has 1 atom stereocenters. The summed E-state index contributed by atoms with van der Waals surface area (Å²) in [7, 11) is 0. The van der Waals surface area contributed by atoms with Gasteiger partial charge in [0.25, 0.3) is 5.91 Å². The Hall–Kier alpha value is -2.06. The Kier molecular flexibility index (Phi) is 5.06.